The molecule has 0 aromatic carbocycles. The molecule has 0 aromatic heterocycles. The summed E-state index contributed by atoms with van der Waals surface area (Å²) in [6.07, 6.45) is 40.7. The van der Waals surface area contributed by atoms with Gasteiger partial charge in [0.1, 0.15) is 6.10 Å². The number of unbranched alkanes of at least 4 members (excludes halogenated alkanes) is 25. The zero-order chi connectivity index (χ0) is 32.9. The van der Waals surface area contributed by atoms with Gasteiger partial charge in [-0.1, -0.05) is 175 Å². The van der Waals surface area contributed by atoms with Crippen LogP contribution in [-0.2, 0) is 9.53 Å². The molecule has 0 heterocycles. The molecule has 0 radical (unpaired) electrons. The smallest absolute Gasteiger partial charge is 0.306 e. The Morgan fingerprint density at radius 1 is 0.467 bits per heavy atom. The molecule has 0 saturated carbocycles. The quantitative estimate of drug-likeness (QED) is 0.0540. The van der Waals surface area contributed by atoms with Gasteiger partial charge in [-0.05, 0) is 58.0 Å². The van der Waals surface area contributed by atoms with Gasteiger partial charge in [0.15, 0.2) is 0 Å². The maximum Gasteiger partial charge on any atom is 0.306 e. The monoisotopic (exact) mass is 638 g/mol. The zero-order valence-corrected chi connectivity index (χ0v) is 31.2. The third-order valence-electron chi connectivity index (χ3n) is 9.66. The molecule has 4 heteroatoms. The Bertz CT molecular complexity index is 569. The summed E-state index contributed by atoms with van der Waals surface area (Å²) in [6.45, 7) is 10.1. The van der Waals surface area contributed by atoms with Crippen LogP contribution in [0.1, 0.15) is 226 Å². The molecule has 1 unspecified atom stereocenters. The molecule has 0 rings (SSSR count). The van der Waals surface area contributed by atoms with Crippen molar-refractivity contribution in [1.29, 1.82) is 0 Å². The van der Waals surface area contributed by atoms with Crippen LogP contribution in [0, 0.1) is 0 Å². The Balaban J connectivity index is 3.94. The first-order chi connectivity index (χ1) is 22.2. The van der Waals surface area contributed by atoms with Gasteiger partial charge in [0, 0.05) is 13.0 Å². The fraction of sp³-hybridized carbons (Fsp3) is 0.976. The summed E-state index contributed by atoms with van der Waals surface area (Å²) in [7, 11) is 0. The minimum Gasteiger partial charge on any atom is -0.462 e. The van der Waals surface area contributed by atoms with Crippen LogP contribution in [0.5, 0.6) is 0 Å². The first-order valence-corrected chi connectivity index (χ1v) is 20.7. The van der Waals surface area contributed by atoms with Crippen LogP contribution >= 0.6 is 0 Å². The second kappa shape index (κ2) is 37.8. The predicted molar refractivity (Wildman–Crippen MR) is 198 cm³/mol. The summed E-state index contributed by atoms with van der Waals surface area (Å²) in [5.74, 6) is 0.0352. The van der Waals surface area contributed by atoms with Crippen molar-refractivity contribution >= 4 is 5.97 Å². The lowest BCUT2D eigenvalue weighted by atomic mass is 10.0. The van der Waals surface area contributed by atoms with E-state index in [9.17, 15) is 9.90 Å². The SMILES string of the molecule is CCCCCCCCCCCCCCN(CCO)CCCCCCCC(=O)OC(CCCCCCC)CCCCCCCCC. The topological polar surface area (TPSA) is 49.8 Å². The van der Waals surface area contributed by atoms with Crippen LogP contribution in [0.4, 0.5) is 0 Å². The normalized spacial score (nSPS) is 12.3. The molecule has 0 amide bonds. The van der Waals surface area contributed by atoms with E-state index < -0.39 is 0 Å². The number of carbonyl (C=O) groups excluding carboxylic acids is 1. The summed E-state index contributed by atoms with van der Waals surface area (Å²) in [4.78, 5) is 15.1. The average molecular weight is 638 g/mol. The van der Waals surface area contributed by atoms with E-state index in [-0.39, 0.29) is 18.7 Å². The first-order valence-electron chi connectivity index (χ1n) is 20.7. The summed E-state index contributed by atoms with van der Waals surface area (Å²) in [6, 6.07) is 0. The van der Waals surface area contributed by atoms with E-state index in [0.29, 0.717) is 6.42 Å². The molecule has 0 aliphatic heterocycles. The number of hydrogen-bond acceptors (Lipinski definition) is 4. The fourth-order valence-corrected chi connectivity index (χ4v) is 6.60. The van der Waals surface area contributed by atoms with E-state index >= 15 is 0 Å². The van der Waals surface area contributed by atoms with Gasteiger partial charge in [-0.25, -0.2) is 0 Å². The average Bonchev–Trinajstić information content (AvgIpc) is 3.04. The van der Waals surface area contributed by atoms with Crippen LogP contribution in [0.25, 0.3) is 0 Å². The predicted octanol–water partition coefficient (Wildman–Crippen LogP) is 12.7. The van der Waals surface area contributed by atoms with Gasteiger partial charge in [0.05, 0.1) is 6.61 Å². The van der Waals surface area contributed by atoms with E-state index in [1.54, 1.807) is 0 Å². The zero-order valence-electron chi connectivity index (χ0n) is 31.2. The third-order valence-corrected chi connectivity index (χ3v) is 9.66. The minimum absolute atomic E-state index is 0.0352. The molecule has 1 N–H and O–H groups in total. The van der Waals surface area contributed by atoms with Crippen molar-refractivity contribution in [1.82, 2.24) is 4.90 Å². The molecule has 0 fully saturated rings. The van der Waals surface area contributed by atoms with E-state index in [2.05, 4.69) is 25.7 Å². The van der Waals surface area contributed by atoms with Crippen LogP contribution in [-0.4, -0.2) is 48.3 Å². The number of aliphatic hydroxyl groups is 1. The van der Waals surface area contributed by atoms with E-state index in [1.807, 2.05) is 0 Å². The summed E-state index contributed by atoms with van der Waals surface area (Å²) in [5, 5.41) is 9.51. The second-order valence-corrected chi connectivity index (χ2v) is 14.2. The number of hydrogen-bond donors (Lipinski definition) is 1. The van der Waals surface area contributed by atoms with Crippen molar-refractivity contribution in [2.24, 2.45) is 0 Å². The summed E-state index contributed by atoms with van der Waals surface area (Å²) in [5.41, 5.74) is 0. The van der Waals surface area contributed by atoms with Gasteiger partial charge in [0.25, 0.3) is 0 Å². The molecule has 0 aliphatic carbocycles. The molecule has 0 aliphatic rings. The van der Waals surface area contributed by atoms with Crippen molar-refractivity contribution in [3.05, 3.63) is 0 Å². The largest absolute Gasteiger partial charge is 0.462 e. The molecule has 0 aromatic rings. The Morgan fingerprint density at radius 2 is 0.800 bits per heavy atom. The van der Waals surface area contributed by atoms with Crippen LogP contribution < -0.4 is 0 Å². The van der Waals surface area contributed by atoms with E-state index in [1.165, 1.54) is 173 Å². The Labute approximate surface area is 283 Å². The molecule has 0 bridgehead atoms. The van der Waals surface area contributed by atoms with Crippen LogP contribution in [0.15, 0.2) is 0 Å². The lowest BCUT2D eigenvalue weighted by Gasteiger charge is -2.21. The summed E-state index contributed by atoms with van der Waals surface area (Å²) < 4.78 is 6.01. The van der Waals surface area contributed by atoms with Crippen LogP contribution in [0.2, 0.25) is 0 Å². The maximum absolute atomic E-state index is 12.7. The molecule has 270 valence electrons. The number of esters is 1. The Hall–Kier alpha value is -0.610. The highest BCUT2D eigenvalue weighted by molar-refractivity contribution is 5.69. The van der Waals surface area contributed by atoms with Gasteiger partial charge < -0.3 is 14.7 Å². The summed E-state index contributed by atoms with van der Waals surface area (Å²) >= 11 is 0. The van der Waals surface area contributed by atoms with Gasteiger partial charge in [-0.15, -0.1) is 0 Å². The van der Waals surface area contributed by atoms with E-state index in [0.717, 1.165) is 45.3 Å². The molecule has 1 atom stereocenters. The number of aliphatic hydroxyl groups excluding tert-OH is 1. The second-order valence-electron chi connectivity index (χ2n) is 14.2. The van der Waals surface area contributed by atoms with Gasteiger partial charge in [0.2, 0.25) is 0 Å². The number of rotatable bonds is 38. The standard InChI is InChI=1S/C41H83NO3/c1-4-7-10-13-15-16-17-18-19-21-26-31-36-42(38-39-43)37-32-27-22-25-30-35-41(44)45-40(33-28-23-12-9-6-3)34-29-24-20-14-11-8-5-2/h40,43H,4-39H2,1-3H3. The number of ether oxygens (including phenoxy) is 1. The van der Waals surface area contributed by atoms with Crippen molar-refractivity contribution in [2.45, 2.75) is 232 Å². The number of carbonyl (C=O) groups is 1. The van der Waals surface area contributed by atoms with Crippen molar-refractivity contribution in [3.8, 4) is 0 Å². The molecule has 0 saturated heterocycles. The van der Waals surface area contributed by atoms with Crippen LogP contribution in [0.3, 0.4) is 0 Å². The van der Waals surface area contributed by atoms with Crippen molar-refractivity contribution in [3.63, 3.8) is 0 Å². The highest BCUT2D eigenvalue weighted by atomic mass is 16.5. The van der Waals surface area contributed by atoms with Crippen molar-refractivity contribution < 1.29 is 14.6 Å². The minimum atomic E-state index is 0.0352. The van der Waals surface area contributed by atoms with Gasteiger partial charge >= 0.3 is 5.97 Å². The van der Waals surface area contributed by atoms with Gasteiger partial charge in [-0.3, -0.25) is 4.79 Å². The first kappa shape index (κ1) is 44.4. The van der Waals surface area contributed by atoms with Crippen molar-refractivity contribution in [2.75, 3.05) is 26.2 Å². The Kier molecular flexibility index (Phi) is 37.3. The Morgan fingerprint density at radius 3 is 1.18 bits per heavy atom. The maximum atomic E-state index is 12.7. The highest BCUT2D eigenvalue weighted by Crippen LogP contribution is 2.18. The molecule has 4 nitrogen and oxygen atoms in total. The molecule has 0 spiro atoms. The van der Waals surface area contributed by atoms with Gasteiger partial charge in [-0.2, -0.15) is 0 Å². The number of nitrogens with zero attached hydrogens (tertiary/aromatic N) is 1. The molecular weight excluding hydrogens is 554 g/mol. The molecule has 45 heavy (non-hydrogen) atoms. The fourth-order valence-electron chi connectivity index (χ4n) is 6.60. The third kappa shape index (κ3) is 34.5. The van der Waals surface area contributed by atoms with E-state index in [4.69, 9.17) is 4.74 Å². The lowest BCUT2D eigenvalue weighted by molar-refractivity contribution is -0.150. The highest BCUT2D eigenvalue weighted by Gasteiger charge is 2.14. The lowest BCUT2D eigenvalue weighted by Crippen LogP contribution is -2.29. The molecular formula is C41H83NO3.